The molecule has 0 aromatic heterocycles. The van der Waals surface area contributed by atoms with E-state index in [1.54, 1.807) is 0 Å². The molecule has 0 fully saturated rings. The molecule has 9 heteroatoms. The number of carbonyl (C=O) groups is 1. The third-order valence-corrected chi connectivity index (χ3v) is 3.35. The van der Waals surface area contributed by atoms with Crippen LogP contribution in [0.25, 0.3) is 0 Å². The van der Waals surface area contributed by atoms with Gasteiger partial charge in [0, 0.05) is 0 Å². The average molecular weight is 377 g/mol. The molecule has 0 amide bonds. The highest BCUT2D eigenvalue weighted by molar-refractivity contribution is 5.72. The van der Waals surface area contributed by atoms with Crippen molar-refractivity contribution in [2.45, 2.75) is 25.3 Å². The number of benzene rings is 2. The number of alkyl halides is 6. The van der Waals surface area contributed by atoms with Gasteiger partial charge in [-0.2, -0.15) is 26.3 Å². The fourth-order valence-corrected chi connectivity index (χ4v) is 2.07. The number of nitrogens with one attached hydrogen (secondary N) is 1. The Kier molecular flexibility index (Phi) is 5.91. The largest absolute Gasteiger partial charge is 0.416 e. The summed E-state index contributed by atoms with van der Waals surface area (Å²) in [5.41, 5.74) is 1.16. The van der Waals surface area contributed by atoms with Crippen LogP contribution in [-0.4, -0.2) is 5.97 Å². The van der Waals surface area contributed by atoms with Crippen LogP contribution in [0.5, 0.6) is 0 Å². The number of carbonyl (C=O) groups excluding carboxylic acids is 1. The maximum Gasteiger partial charge on any atom is 0.416 e. The first-order valence-corrected chi connectivity index (χ1v) is 7.30. The van der Waals surface area contributed by atoms with Crippen molar-refractivity contribution in [2.24, 2.45) is 0 Å². The molecule has 0 saturated heterocycles. The average Bonchev–Trinajstić information content (AvgIpc) is 2.54. The molecule has 0 aliphatic rings. The maximum atomic E-state index is 12.6. The second-order valence-corrected chi connectivity index (χ2v) is 5.36. The van der Waals surface area contributed by atoms with Gasteiger partial charge in [-0.15, -0.1) is 5.48 Å². The molecular weight excluding hydrogens is 364 g/mol. The summed E-state index contributed by atoms with van der Waals surface area (Å²) in [5.74, 6) is -0.823. The van der Waals surface area contributed by atoms with Gasteiger partial charge < -0.3 is 4.84 Å². The Morgan fingerprint density at radius 1 is 0.846 bits per heavy atom. The normalized spacial score (nSPS) is 12.1. The van der Waals surface area contributed by atoms with Crippen LogP contribution in [0.4, 0.5) is 26.3 Å². The highest BCUT2D eigenvalue weighted by Crippen LogP contribution is 2.30. The number of halogens is 6. The van der Waals surface area contributed by atoms with Crippen LogP contribution in [0, 0.1) is 0 Å². The van der Waals surface area contributed by atoms with Crippen molar-refractivity contribution >= 4 is 5.97 Å². The van der Waals surface area contributed by atoms with Gasteiger partial charge in [0.15, 0.2) is 0 Å². The van der Waals surface area contributed by atoms with E-state index in [1.165, 1.54) is 24.3 Å². The van der Waals surface area contributed by atoms with E-state index in [0.29, 0.717) is 5.56 Å². The summed E-state index contributed by atoms with van der Waals surface area (Å²) in [6, 6.07) is 8.48. The van der Waals surface area contributed by atoms with Gasteiger partial charge in [-0.25, -0.2) is 0 Å². The Labute approximate surface area is 144 Å². The lowest BCUT2D eigenvalue weighted by Gasteiger charge is -2.10. The van der Waals surface area contributed by atoms with Gasteiger partial charge in [-0.1, -0.05) is 30.3 Å². The molecule has 0 radical (unpaired) electrons. The molecule has 3 nitrogen and oxygen atoms in total. The monoisotopic (exact) mass is 377 g/mol. The van der Waals surface area contributed by atoms with E-state index in [4.69, 9.17) is 0 Å². The zero-order valence-corrected chi connectivity index (χ0v) is 13.1. The standard InChI is InChI=1S/C17H13F6NO2/c18-16(19,20)13-6-4-11(5-7-13)10-24-26-15(25)9-12-2-1-3-14(8-12)17(21,22)23/h1-8,24H,9-10H2. The smallest absolute Gasteiger partial charge is 0.370 e. The number of hydrogen-bond donors (Lipinski definition) is 1. The van der Waals surface area contributed by atoms with E-state index in [0.717, 1.165) is 24.3 Å². The van der Waals surface area contributed by atoms with Crippen molar-refractivity contribution in [1.29, 1.82) is 0 Å². The van der Waals surface area contributed by atoms with Gasteiger partial charge >= 0.3 is 18.3 Å². The summed E-state index contributed by atoms with van der Waals surface area (Å²) in [6.07, 6.45) is -9.34. The van der Waals surface area contributed by atoms with Crippen LogP contribution in [0.15, 0.2) is 48.5 Å². The van der Waals surface area contributed by atoms with Crippen molar-refractivity contribution in [3.05, 3.63) is 70.8 Å². The maximum absolute atomic E-state index is 12.6. The quantitative estimate of drug-likeness (QED) is 0.615. The van der Waals surface area contributed by atoms with E-state index in [9.17, 15) is 31.1 Å². The molecule has 0 atom stereocenters. The third-order valence-electron chi connectivity index (χ3n) is 3.35. The van der Waals surface area contributed by atoms with E-state index in [2.05, 4.69) is 10.3 Å². The molecule has 0 aliphatic carbocycles. The lowest BCUT2D eigenvalue weighted by Crippen LogP contribution is -2.21. The van der Waals surface area contributed by atoms with E-state index >= 15 is 0 Å². The fourth-order valence-electron chi connectivity index (χ4n) is 2.07. The Balaban J connectivity index is 1.84. The molecule has 1 N–H and O–H groups in total. The van der Waals surface area contributed by atoms with Gasteiger partial charge in [0.05, 0.1) is 24.1 Å². The van der Waals surface area contributed by atoms with E-state index in [-0.39, 0.29) is 18.5 Å². The van der Waals surface area contributed by atoms with Gasteiger partial charge in [0.1, 0.15) is 0 Å². The van der Waals surface area contributed by atoms with Crippen molar-refractivity contribution in [3.8, 4) is 0 Å². The molecule has 0 saturated carbocycles. The molecule has 0 aliphatic heterocycles. The predicted octanol–water partition coefficient (Wildman–Crippen LogP) is 4.51. The molecular formula is C17H13F6NO2. The molecule has 0 bridgehead atoms. The second kappa shape index (κ2) is 7.77. The van der Waals surface area contributed by atoms with Crippen molar-refractivity contribution in [1.82, 2.24) is 5.48 Å². The minimum atomic E-state index is -4.51. The van der Waals surface area contributed by atoms with Crippen LogP contribution >= 0.6 is 0 Å². The van der Waals surface area contributed by atoms with Gasteiger partial charge in [0.2, 0.25) is 0 Å². The topological polar surface area (TPSA) is 38.3 Å². The van der Waals surface area contributed by atoms with E-state index in [1.807, 2.05) is 0 Å². The summed E-state index contributed by atoms with van der Waals surface area (Å²) in [7, 11) is 0. The van der Waals surface area contributed by atoms with Crippen molar-refractivity contribution in [2.75, 3.05) is 0 Å². The minimum absolute atomic E-state index is 0.0491. The molecule has 2 rings (SSSR count). The van der Waals surface area contributed by atoms with Crippen LogP contribution < -0.4 is 5.48 Å². The molecule has 0 spiro atoms. The Hall–Kier alpha value is -2.55. The van der Waals surface area contributed by atoms with Crippen molar-refractivity contribution in [3.63, 3.8) is 0 Å². The number of hydroxylamine groups is 1. The third kappa shape index (κ3) is 5.76. The van der Waals surface area contributed by atoms with Gasteiger partial charge in [0.25, 0.3) is 0 Å². The Bertz CT molecular complexity index is 753. The highest BCUT2D eigenvalue weighted by Gasteiger charge is 2.31. The van der Waals surface area contributed by atoms with Crippen LogP contribution in [0.3, 0.4) is 0 Å². The number of rotatable bonds is 5. The first-order valence-electron chi connectivity index (χ1n) is 7.30. The second-order valence-electron chi connectivity index (χ2n) is 5.36. The zero-order valence-electron chi connectivity index (χ0n) is 13.1. The van der Waals surface area contributed by atoms with Crippen LogP contribution in [0.2, 0.25) is 0 Å². The van der Waals surface area contributed by atoms with E-state index < -0.39 is 29.4 Å². The minimum Gasteiger partial charge on any atom is -0.370 e. The lowest BCUT2D eigenvalue weighted by molar-refractivity contribution is -0.150. The Morgan fingerprint density at radius 3 is 2.04 bits per heavy atom. The molecule has 2 aromatic carbocycles. The first kappa shape index (κ1) is 19.8. The molecule has 26 heavy (non-hydrogen) atoms. The summed E-state index contributed by atoms with van der Waals surface area (Å²) in [6.45, 7) is -0.0491. The van der Waals surface area contributed by atoms with Gasteiger partial charge in [-0.3, -0.25) is 4.79 Å². The summed E-state index contributed by atoms with van der Waals surface area (Å²) in [5, 5.41) is 0. The van der Waals surface area contributed by atoms with Crippen LogP contribution in [-0.2, 0) is 35.0 Å². The summed E-state index contributed by atoms with van der Waals surface area (Å²) in [4.78, 5) is 16.3. The summed E-state index contributed by atoms with van der Waals surface area (Å²) >= 11 is 0. The fraction of sp³-hybridized carbons (Fsp3) is 0.235. The first-order chi connectivity index (χ1) is 12.1. The predicted molar refractivity (Wildman–Crippen MR) is 79.5 cm³/mol. The molecule has 2 aromatic rings. The number of hydrogen-bond acceptors (Lipinski definition) is 3. The SMILES string of the molecule is O=C(Cc1cccc(C(F)(F)F)c1)ONCc1ccc(C(F)(F)F)cc1. The molecule has 140 valence electrons. The van der Waals surface area contributed by atoms with Crippen molar-refractivity contribution < 1.29 is 36.0 Å². The molecule has 0 unspecified atom stereocenters. The summed E-state index contributed by atoms with van der Waals surface area (Å²) < 4.78 is 75.1. The lowest BCUT2D eigenvalue weighted by atomic mass is 10.1. The highest BCUT2D eigenvalue weighted by atomic mass is 19.4. The Morgan fingerprint density at radius 2 is 1.46 bits per heavy atom. The van der Waals surface area contributed by atoms with Crippen LogP contribution in [0.1, 0.15) is 22.3 Å². The zero-order chi connectivity index (χ0) is 19.4. The van der Waals surface area contributed by atoms with Gasteiger partial charge in [-0.05, 0) is 29.3 Å². The molecule has 0 heterocycles.